The minimum absolute atomic E-state index is 0.0282. The fourth-order valence-corrected chi connectivity index (χ4v) is 1.91. The van der Waals surface area contributed by atoms with Gasteiger partial charge in [0.25, 0.3) is 5.91 Å². The summed E-state index contributed by atoms with van der Waals surface area (Å²) in [6, 6.07) is 16.9. The number of amides is 2. The van der Waals surface area contributed by atoms with Gasteiger partial charge in [0.1, 0.15) is 0 Å². The van der Waals surface area contributed by atoms with E-state index in [1.54, 1.807) is 12.1 Å². The van der Waals surface area contributed by atoms with Crippen LogP contribution in [-0.4, -0.2) is 18.4 Å². The van der Waals surface area contributed by atoms with Crippen LogP contribution in [0.1, 0.15) is 21.5 Å². The van der Waals surface area contributed by atoms with Crippen molar-refractivity contribution in [2.45, 2.75) is 13.5 Å². The third-order valence-corrected chi connectivity index (χ3v) is 3.02. The van der Waals surface area contributed by atoms with Crippen molar-refractivity contribution in [2.24, 2.45) is 0 Å². The number of nitrogens with one attached hydrogen (secondary N) is 2. The van der Waals surface area contributed by atoms with Gasteiger partial charge in [0, 0.05) is 12.1 Å². The van der Waals surface area contributed by atoms with E-state index in [9.17, 15) is 9.59 Å². The molecule has 0 heterocycles. The molecule has 0 aliphatic rings. The highest BCUT2D eigenvalue weighted by molar-refractivity contribution is 5.96. The molecule has 4 heteroatoms. The normalized spacial score (nSPS) is 9.95. The number of hydrogen-bond donors (Lipinski definition) is 2. The molecule has 0 saturated heterocycles. The maximum atomic E-state index is 11.9. The van der Waals surface area contributed by atoms with Gasteiger partial charge in [0.2, 0.25) is 5.91 Å². The molecule has 0 saturated carbocycles. The van der Waals surface area contributed by atoms with Crippen LogP contribution >= 0.6 is 0 Å². The molecule has 0 bridgehead atoms. The zero-order valence-corrected chi connectivity index (χ0v) is 11.9. The van der Waals surface area contributed by atoms with Gasteiger partial charge in [0.15, 0.2) is 0 Å². The Morgan fingerprint density at radius 2 is 1.71 bits per heavy atom. The van der Waals surface area contributed by atoms with E-state index in [4.69, 9.17) is 0 Å². The van der Waals surface area contributed by atoms with E-state index in [0.29, 0.717) is 12.1 Å². The van der Waals surface area contributed by atoms with Crippen LogP contribution in [0.2, 0.25) is 0 Å². The smallest absolute Gasteiger partial charge is 0.251 e. The molecule has 2 aromatic rings. The van der Waals surface area contributed by atoms with Crippen LogP contribution in [0.5, 0.6) is 0 Å². The van der Waals surface area contributed by atoms with Gasteiger partial charge < -0.3 is 10.6 Å². The Morgan fingerprint density at radius 3 is 2.43 bits per heavy atom. The van der Waals surface area contributed by atoms with Crippen LogP contribution in [0.25, 0.3) is 0 Å². The van der Waals surface area contributed by atoms with E-state index in [1.807, 2.05) is 49.4 Å². The van der Waals surface area contributed by atoms with E-state index in [-0.39, 0.29) is 18.4 Å². The van der Waals surface area contributed by atoms with E-state index in [1.165, 1.54) is 0 Å². The molecular weight excluding hydrogens is 264 g/mol. The molecule has 108 valence electrons. The lowest BCUT2D eigenvalue weighted by Crippen LogP contribution is -2.36. The van der Waals surface area contributed by atoms with Crippen molar-refractivity contribution in [3.8, 4) is 0 Å². The number of rotatable bonds is 5. The van der Waals surface area contributed by atoms with Gasteiger partial charge >= 0.3 is 0 Å². The summed E-state index contributed by atoms with van der Waals surface area (Å²) in [6.07, 6.45) is 0. The van der Waals surface area contributed by atoms with Crippen LogP contribution in [-0.2, 0) is 11.3 Å². The summed E-state index contributed by atoms with van der Waals surface area (Å²) in [5.41, 5.74) is 2.60. The van der Waals surface area contributed by atoms with E-state index in [0.717, 1.165) is 11.1 Å². The zero-order valence-electron chi connectivity index (χ0n) is 11.9. The average Bonchev–Trinajstić information content (AvgIpc) is 2.51. The second-order valence-corrected chi connectivity index (χ2v) is 4.81. The second kappa shape index (κ2) is 7.24. The molecule has 2 rings (SSSR count). The van der Waals surface area contributed by atoms with E-state index >= 15 is 0 Å². The van der Waals surface area contributed by atoms with Gasteiger partial charge in [-0.2, -0.15) is 0 Å². The lowest BCUT2D eigenvalue weighted by Gasteiger charge is -2.07. The maximum absolute atomic E-state index is 11.9. The first-order valence-electron chi connectivity index (χ1n) is 6.80. The molecule has 4 nitrogen and oxygen atoms in total. The van der Waals surface area contributed by atoms with Crippen molar-refractivity contribution in [3.63, 3.8) is 0 Å². The average molecular weight is 282 g/mol. The Balaban J connectivity index is 1.77. The fourth-order valence-electron chi connectivity index (χ4n) is 1.91. The minimum Gasteiger partial charge on any atom is -0.350 e. The van der Waals surface area contributed by atoms with Crippen molar-refractivity contribution in [1.82, 2.24) is 10.6 Å². The van der Waals surface area contributed by atoms with Crippen molar-refractivity contribution >= 4 is 11.8 Å². The highest BCUT2D eigenvalue weighted by atomic mass is 16.2. The molecule has 0 fully saturated rings. The van der Waals surface area contributed by atoms with Crippen LogP contribution in [0, 0.1) is 6.92 Å². The summed E-state index contributed by atoms with van der Waals surface area (Å²) in [7, 11) is 0. The van der Waals surface area contributed by atoms with Crippen molar-refractivity contribution in [3.05, 3.63) is 71.3 Å². The Kier molecular flexibility index (Phi) is 5.10. The van der Waals surface area contributed by atoms with Gasteiger partial charge in [-0.25, -0.2) is 0 Å². The largest absolute Gasteiger partial charge is 0.350 e. The maximum Gasteiger partial charge on any atom is 0.251 e. The number of benzene rings is 2. The third kappa shape index (κ3) is 4.76. The molecular formula is C17H18N2O2. The fraction of sp³-hybridized carbons (Fsp3) is 0.176. The first-order chi connectivity index (χ1) is 10.1. The predicted octanol–water partition coefficient (Wildman–Crippen LogP) is 2.04. The summed E-state index contributed by atoms with van der Waals surface area (Å²) >= 11 is 0. The van der Waals surface area contributed by atoms with Crippen LogP contribution in [0.4, 0.5) is 0 Å². The third-order valence-electron chi connectivity index (χ3n) is 3.02. The van der Waals surface area contributed by atoms with Gasteiger partial charge in [-0.15, -0.1) is 0 Å². The summed E-state index contributed by atoms with van der Waals surface area (Å²) in [5, 5.41) is 5.37. The first kappa shape index (κ1) is 14.8. The molecule has 21 heavy (non-hydrogen) atoms. The number of hydrogen-bond acceptors (Lipinski definition) is 2. The highest BCUT2D eigenvalue weighted by Crippen LogP contribution is 2.03. The molecule has 2 aromatic carbocycles. The minimum atomic E-state index is -0.242. The van der Waals surface area contributed by atoms with Gasteiger partial charge in [-0.05, 0) is 24.6 Å². The monoisotopic (exact) mass is 282 g/mol. The van der Waals surface area contributed by atoms with Gasteiger partial charge in [0.05, 0.1) is 6.54 Å². The molecule has 0 unspecified atom stereocenters. The molecule has 2 N–H and O–H groups in total. The second-order valence-electron chi connectivity index (χ2n) is 4.81. The molecule has 2 amide bonds. The van der Waals surface area contributed by atoms with Crippen molar-refractivity contribution in [2.75, 3.05) is 6.54 Å². The highest BCUT2D eigenvalue weighted by Gasteiger charge is 2.07. The topological polar surface area (TPSA) is 58.2 Å². The van der Waals surface area contributed by atoms with Gasteiger partial charge in [-0.3, -0.25) is 9.59 Å². The Morgan fingerprint density at radius 1 is 0.952 bits per heavy atom. The summed E-state index contributed by atoms with van der Waals surface area (Å²) in [4.78, 5) is 23.6. The number of carbonyl (C=O) groups is 2. The zero-order chi connectivity index (χ0) is 15.1. The molecule has 0 aliphatic carbocycles. The Bertz CT molecular complexity index is 624. The standard InChI is InChI=1S/C17H18N2O2/c1-13-6-5-9-15(10-13)17(21)19-12-16(20)18-11-14-7-3-2-4-8-14/h2-10H,11-12H2,1H3,(H,18,20)(H,19,21). The number of aryl methyl sites for hydroxylation is 1. The van der Waals surface area contributed by atoms with Gasteiger partial charge in [-0.1, -0.05) is 48.0 Å². The lowest BCUT2D eigenvalue weighted by atomic mass is 10.1. The molecule has 0 spiro atoms. The quantitative estimate of drug-likeness (QED) is 0.881. The Labute approximate surface area is 124 Å². The molecule has 0 atom stereocenters. The van der Waals surface area contributed by atoms with E-state index in [2.05, 4.69) is 10.6 Å². The summed E-state index contributed by atoms with van der Waals surface area (Å²) in [6.45, 7) is 2.35. The Hall–Kier alpha value is -2.62. The van der Waals surface area contributed by atoms with Crippen molar-refractivity contribution in [1.29, 1.82) is 0 Å². The SMILES string of the molecule is Cc1cccc(C(=O)NCC(=O)NCc2ccccc2)c1. The summed E-state index contributed by atoms with van der Waals surface area (Å²) in [5.74, 6) is -0.451. The summed E-state index contributed by atoms with van der Waals surface area (Å²) < 4.78 is 0. The molecule has 0 aromatic heterocycles. The van der Waals surface area contributed by atoms with Crippen LogP contribution in [0.15, 0.2) is 54.6 Å². The van der Waals surface area contributed by atoms with Crippen LogP contribution < -0.4 is 10.6 Å². The van der Waals surface area contributed by atoms with E-state index < -0.39 is 0 Å². The lowest BCUT2D eigenvalue weighted by molar-refractivity contribution is -0.120. The first-order valence-corrected chi connectivity index (χ1v) is 6.80. The number of carbonyl (C=O) groups excluding carboxylic acids is 2. The van der Waals surface area contributed by atoms with Crippen LogP contribution in [0.3, 0.4) is 0 Å². The predicted molar refractivity (Wildman–Crippen MR) is 81.8 cm³/mol. The van der Waals surface area contributed by atoms with Crippen molar-refractivity contribution < 1.29 is 9.59 Å². The molecule has 0 radical (unpaired) electrons. The molecule has 0 aliphatic heterocycles.